The molecule has 2 aromatic rings. The van der Waals surface area contributed by atoms with Gasteiger partial charge in [-0.3, -0.25) is 0 Å². The van der Waals surface area contributed by atoms with Crippen LogP contribution in [-0.4, -0.2) is 14.6 Å². The van der Waals surface area contributed by atoms with Crippen LogP contribution in [0.25, 0.3) is 0 Å². The lowest BCUT2D eigenvalue weighted by Crippen LogP contribution is -2.01. The van der Waals surface area contributed by atoms with Crippen LogP contribution in [0.15, 0.2) is 24.4 Å². The molecule has 5 nitrogen and oxygen atoms in total. The minimum Gasteiger partial charge on any atom is -0.384 e. The largest absolute Gasteiger partial charge is 0.384 e. The van der Waals surface area contributed by atoms with Crippen molar-refractivity contribution in [3.63, 3.8) is 0 Å². The zero-order valence-corrected chi connectivity index (χ0v) is 8.16. The first-order valence-electron chi connectivity index (χ1n) is 4.07. The summed E-state index contributed by atoms with van der Waals surface area (Å²) >= 11 is 1.36. The molecule has 0 radical (unpaired) electrons. The van der Waals surface area contributed by atoms with Crippen molar-refractivity contribution in [1.82, 2.24) is 14.6 Å². The summed E-state index contributed by atoms with van der Waals surface area (Å²) in [5.41, 5.74) is 5.53. The van der Waals surface area contributed by atoms with Gasteiger partial charge in [-0.2, -0.15) is 0 Å². The maximum Gasteiger partial charge on any atom is 0.128 e. The van der Waals surface area contributed by atoms with Gasteiger partial charge in [0.15, 0.2) is 0 Å². The average molecular weight is 207 g/mol. The zero-order chi connectivity index (χ0) is 9.80. The molecule has 2 rings (SSSR count). The van der Waals surface area contributed by atoms with Crippen LogP contribution in [0.2, 0.25) is 0 Å². The Labute approximate surface area is 85.2 Å². The highest BCUT2D eigenvalue weighted by molar-refractivity contribution is 7.05. The van der Waals surface area contributed by atoms with Gasteiger partial charge < -0.3 is 11.1 Å². The van der Waals surface area contributed by atoms with E-state index in [0.29, 0.717) is 12.4 Å². The summed E-state index contributed by atoms with van der Waals surface area (Å²) in [7, 11) is 0. The second kappa shape index (κ2) is 4.01. The maximum absolute atomic E-state index is 5.53. The van der Waals surface area contributed by atoms with Gasteiger partial charge in [0, 0.05) is 0 Å². The van der Waals surface area contributed by atoms with E-state index in [-0.39, 0.29) is 0 Å². The molecule has 0 spiro atoms. The number of hydrogen-bond acceptors (Lipinski definition) is 6. The number of anilines is 2. The summed E-state index contributed by atoms with van der Waals surface area (Å²) in [6.07, 6.45) is 1.73. The Bertz CT molecular complexity index is 400. The van der Waals surface area contributed by atoms with Crippen molar-refractivity contribution >= 4 is 23.2 Å². The van der Waals surface area contributed by atoms with Gasteiger partial charge in [-0.1, -0.05) is 10.6 Å². The van der Waals surface area contributed by atoms with Gasteiger partial charge in [-0.25, -0.2) is 4.98 Å². The highest BCUT2D eigenvalue weighted by Gasteiger charge is 1.97. The lowest BCUT2D eigenvalue weighted by atomic mass is 10.4. The van der Waals surface area contributed by atoms with Crippen molar-refractivity contribution < 1.29 is 0 Å². The number of nitrogens with two attached hydrogens (primary N) is 1. The molecule has 0 aliphatic carbocycles. The van der Waals surface area contributed by atoms with Gasteiger partial charge in [0.05, 0.1) is 17.6 Å². The van der Waals surface area contributed by atoms with Crippen molar-refractivity contribution in [2.24, 2.45) is 0 Å². The number of aromatic nitrogens is 3. The van der Waals surface area contributed by atoms with E-state index in [1.165, 1.54) is 11.5 Å². The Kier molecular flexibility index (Phi) is 2.55. The molecule has 0 aliphatic rings. The van der Waals surface area contributed by atoms with Gasteiger partial charge in [0.25, 0.3) is 0 Å². The first-order chi connectivity index (χ1) is 6.84. The molecule has 2 aromatic heterocycles. The van der Waals surface area contributed by atoms with E-state index in [2.05, 4.69) is 19.9 Å². The highest BCUT2D eigenvalue weighted by Crippen LogP contribution is 2.09. The predicted octanol–water partition coefficient (Wildman–Crippen LogP) is 1.13. The van der Waals surface area contributed by atoms with E-state index in [4.69, 9.17) is 5.73 Å². The maximum atomic E-state index is 5.53. The van der Waals surface area contributed by atoms with Crippen molar-refractivity contribution in [3.8, 4) is 0 Å². The van der Waals surface area contributed by atoms with Crippen molar-refractivity contribution in [2.45, 2.75) is 6.54 Å². The van der Waals surface area contributed by atoms with Crippen molar-refractivity contribution in [1.29, 1.82) is 0 Å². The molecular formula is C8H9N5S. The molecule has 0 saturated heterocycles. The van der Waals surface area contributed by atoms with E-state index in [0.717, 1.165) is 10.7 Å². The number of rotatable bonds is 3. The van der Waals surface area contributed by atoms with E-state index in [9.17, 15) is 0 Å². The topological polar surface area (TPSA) is 76.7 Å². The molecule has 3 N–H and O–H groups in total. The van der Waals surface area contributed by atoms with Crippen LogP contribution in [0, 0.1) is 0 Å². The van der Waals surface area contributed by atoms with Gasteiger partial charge in [0.1, 0.15) is 11.6 Å². The highest BCUT2D eigenvalue weighted by atomic mass is 32.1. The Morgan fingerprint density at radius 2 is 2.36 bits per heavy atom. The third-order valence-corrected chi connectivity index (χ3v) is 2.28. The third kappa shape index (κ3) is 2.17. The second-order valence-electron chi connectivity index (χ2n) is 2.69. The third-order valence-electron chi connectivity index (χ3n) is 1.62. The van der Waals surface area contributed by atoms with Crippen LogP contribution in [-0.2, 0) is 6.54 Å². The standard InChI is InChI=1S/C8H9N5S/c9-7-2-1-3-8(12-7)10-4-6-5-11-13-14-6/h1-3,5H,4H2,(H3,9,10,12). The minimum absolute atomic E-state index is 0.512. The number of hydrogen-bond donors (Lipinski definition) is 2. The molecule has 6 heteroatoms. The molecule has 0 amide bonds. The molecule has 0 unspecified atom stereocenters. The fraction of sp³-hybridized carbons (Fsp3) is 0.125. The van der Waals surface area contributed by atoms with E-state index >= 15 is 0 Å². The molecule has 0 bridgehead atoms. The normalized spacial score (nSPS) is 10.0. The Hall–Kier alpha value is -1.69. The summed E-state index contributed by atoms with van der Waals surface area (Å²) in [4.78, 5) is 5.17. The lowest BCUT2D eigenvalue weighted by molar-refractivity contribution is 1.11. The average Bonchev–Trinajstić information content (AvgIpc) is 2.67. The summed E-state index contributed by atoms with van der Waals surface area (Å²) in [6.45, 7) is 0.675. The molecule has 0 saturated carbocycles. The Morgan fingerprint density at radius 1 is 1.43 bits per heavy atom. The molecule has 0 aromatic carbocycles. The van der Waals surface area contributed by atoms with Crippen LogP contribution in [0.3, 0.4) is 0 Å². The number of nitrogen functional groups attached to an aromatic ring is 1. The quantitative estimate of drug-likeness (QED) is 0.788. The Morgan fingerprint density at radius 3 is 3.07 bits per heavy atom. The summed E-state index contributed by atoms with van der Waals surface area (Å²) in [6, 6.07) is 5.47. The molecular weight excluding hydrogens is 198 g/mol. The molecule has 0 fully saturated rings. The molecule has 0 atom stereocenters. The van der Waals surface area contributed by atoms with Crippen LogP contribution in [0.4, 0.5) is 11.6 Å². The van der Waals surface area contributed by atoms with Gasteiger partial charge >= 0.3 is 0 Å². The van der Waals surface area contributed by atoms with Crippen molar-refractivity contribution in [2.75, 3.05) is 11.1 Å². The molecule has 0 aliphatic heterocycles. The summed E-state index contributed by atoms with van der Waals surface area (Å²) in [5, 5.41) is 6.86. The minimum atomic E-state index is 0.512. The number of pyridine rings is 1. The van der Waals surface area contributed by atoms with Crippen LogP contribution < -0.4 is 11.1 Å². The number of nitrogens with one attached hydrogen (secondary N) is 1. The Balaban J connectivity index is 1.98. The van der Waals surface area contributed by atoms with Gasteiger partial charge in [-0.05, 0) is 23.7 Å². The van der Waals surface area contributed by atoms with Crippen LogP contribution in [0.1, 0.15) is 4.88 Å². The molecule has 72 valence electrons. The molecule has 2 heterocycles. The molecule has 14 heavy (non-hydrogen) atoms. The second-order valence-corrected chi connectivity index (χ2v) is 3.56. The van der Waals surface area contributed by atoms with E-state index < -0.39 is 0 Å². The van der Waals surface area contributed by atoms with Crippen molar-refractivity contribution in [3.05, 3.63) is 29.3 Å². The van der Waals surface area contributed by atoms with Crippen LogP contribution in [0.5, 0.6) is 0 Å². The number of nitrogens with zero attached hydrogens (tertiary/aromatic N) is 3. The van der Waals surface area contributed by atoms with Gasteiger partial charge in [-0.15, -0.1) is 5.10 Å². The van der Waals surface area contributed by atoms with E-state index in [1.54, 1.807) is 12.3 Å². The van der Waals surface area contributed by atoms with Crippen LogP contribution >= 0.6 is 11.5 Å². The predicted molar refractivity (Wildman–Crippen MR) is 55.9 cm³/mol. The lowest BCUT2D eigenvalue weighted by Gasteiger charge is -2.02. The first-order valence-corrected chi connectivity index (χ1v) is 4.84. The monoisotopic (exact) mass is 207 g/mol. The van der Waals surface area contributed by atoms with Gasteiger partial charge in [0.2, 0.25) is 0 Å². The summed E-state index contributed by atoms with van der Waals surface area (Å²) < 4.78 is 3.76. The SMILES string of the molecule is Nc1cccc(NCc2cnns2)n1. The smallest absolute Gasteiger partial charge is 0.128 e. The fourth-order valence-electron chi connectivity index (χ4n) is 0.993. The van der Waals surface area contributed by atoms with E-state index in [1.807, 2.05) is 12.1 Å². The fourth-order valence-corrected chi connectivity index (χ4v) is 1.42. The zero-order valence-electron chi connectivity index (χ0n) is 7.34. The summed E-state index contributed by atoms with van der Waals surface area (Å²) in [5.74, 6) is 1.27. The first kappa shape index (κ1) is 8.89.